The van der Waals surface area contributed by atoms with Gasteiger partial charge < -0.3 is 10.1 Å². The van der Waals surface area contributed by atoms with E-state index in [9.17, 15) is 9.59 Å². The Kier molecular flexibility index (Phi) is 4.46. The van der Waals surface area contributed by atoms with Gasteiger partial charge in [0.25, 0.3) is 0 Å². The molecule has 1 N–H and O–H groups in total. The number of anilines is 1. The molecule has 5 nitrogen and oxygen atoms in total. The quantitative estimate of drug-likeness (QED) is 0.853. The van der Waals surface area contributed by atoms with Crippen LogP contribution in [0.15, 0.2) is 24.4 Å². The fraction of sp³-hybridized carbons (Fsp3) is 0.308. The van der Waals surface area contributed by atoms with Crippen molar-refractivity contribution in [2.45, 2.75) is 19.3 Å². The van der Waals surface area contributed by atoms with Crippen molar-refractivity contribution in [2.75, 3.05) is 12.4 Å². The van der Waals surface area contributed by atoms with Gasteiger partial charge in [0.05, 0.1) is 11.8 Å². The van der Waals surface area contributed by atoms with Crippen molar-refractivity contribution >= 4 is 39.2 Å². The largest absolute Gasteiger partial charge is 0.469 e. The highest BCUT2D eigenvalue weighted by molar-refractivity contribution is 7.13. The van der Waals surface area contributed by atoms with Crippen LogP contribution in [0.25, 0.3) is 10.1 Å². The Hall–Kier alpha value is -1.95. The van der Waals surface area contributed by atoms with E-state index in [-0.39, 0.29) is 18.3 Å². The molecule has 0 saturated heterocycles. The van der Waals surface area contributed by atoms with Crippen LogP contribution in [0, 0.1) is 0 Å². The molecule has 0 fully saturated rings. The van der Waals surface area contributed by atoms with Gasteiger partial charge in [-0.15, -0.1) is 0 Å². The van der Waals surface area contributed by atoms with E-state index in [0.29, 0.717) is 12.8 Å². The molecule has 0 aliphatic heterocycles. The number of carbonyl (C=O) groups excluding carboxylic acids is 2. The summed E-state index contributed by atoms with van der Waals surface area (Å²) in [6.07, 6.45) is 2.82. The third-order valence-corrected chi connectivity index (χ3v) is 3.43. The Bertz CT molecular complexity index is 594. The Morgan fingerprint density at radius 1 is 1.37 bits per heavy atom. The lowest BCUT2D eigenvalue weighted by molar-refractivity contribution is -0.140. The van der Waals surface area contributed by atoms with E-state index in [0.717, 1.165) is 15.8 Å². The van der Waals surface area contributed by atoms with Crippen LogP contribution in [-0.4, -0.2) is 23.4 Å². The first-order valence-corrected chi connectivity index (χ1v) is 6.67. The third-order valence-electron chi connectivity index (χ3n) is 2.65. The first-order chi connectivity index (χ1) is 9.19. The molecule has 0 unspecified atom stereocenters. The van der Waals surface area contributed by atoms with Crippen LogP contribution in [0.1, 0.15) is 19.3 Å². The second kappa shape index (κ2) is 6.29. The number of carbonyl (C=O) groups is 2. The summed E-state index contributed by atoms with van der Waals surface area (Å²) < 4.78 is 9.68. The molecule has 0 bridgehead atoms. The Balaban J connectivity index is 1.86. The second-order valence-corrected chi connectivity index (χ2v) is 4.89. The summed E-state index contributed by atoms with van der Waals surface area (Å²) >= 11 is 1.42. The molecular weight excluding hydrogens is 264 g/mol. The van der Waals surface area contributed by atoms with E-state index in [1.807, 2.05) is 18.2 Å². The predicted octanol–water partition coefficient (Wildman–Crippen LogP) is 2.58. The van der Waals surface area contributed by atoms with Crippen molar-refractivity contribution in [3.8, 4) is 0 Å². The molecule has 1 amide bonds. The third kappa shape index (κ3) is 3.75. The molecule has 0 aliphatic carbocycles. The zero-order valence-corrected chi connectivity index (χ0v) is 11.3. The zero-order chi connectivity index (χ0) is 13.7. The minimum atomic E-state index is -0.293. The average molecular weight is 278 g/mol. The van der Waals surface area contributed by atoms with Crippen LogP contribution in [0.3, 0.4) is 0 Å². The molecule has 0 spiro atoms. The maximum atomic E-state index is 11.7. The topological polar surface area (TPSA) is 68.3 Å². The molecule has 2 aromatic rings. The minimum Gasteiger partial charge on any atom is -0.469 e. The first kappa shape index (κ1) is 13.5. The number of aromatic nitrogens is 1. The van der Waals surface area contributed by atoms with Gasteiger partial charge >= 0.3 is 5.97 Å². The highest BCUT2D eigenvalue weighted by Gasteiger charge is 2.06. The van der Waals surface area contributed by atoms with Crippen molar-refractivity contribution in [3.05, 3.63) is 24.4 Å². The summed E-state index contributed by atoms with van der Waals surface area (Å²) in [5.74, 6) is -0.398. The monoisotopic (exact) mass is 278 g/mol. The van der Waals surface area contributed by atoms with Gasteiger partial charge in [-0.1, -0.05) is 0 Å². The number of hydrogen-bond acceptors (Lipinski definition) is 5. The van der Waals surface area contributed by atoms with Crippen LogP contribution in [0.5, 0.6) is 0 Å². The molecule has 19 heavy (non-hydrogen) atoms. The van der Waals surface area contributed by atoms with Crippen LogP contribution in [-0.2, 0) is 14.3 Å². The van der Waals surface area contributed by atoms with E-state index in [2.05, 4.69) is 14.4 Å². The van der Waals surface area contributed by atoms with Crippen LogP contribution in [0.4, 0.5) is 5.69 Å². The van der Waals surface area contributed by atoms with Gasteiger partial charge in [-0.2, -0.15) is 4.37 Å². The molecule has 2 rings (SSSR count). The van der Waals surface area contributed by atoms with Crippen molar-refractivity contribution in [2.24, 2.45) is 0 Å². The maximum absolute atomic E-state index is 11.7. The van der Waals surface area contributed by atoms with E-state index in [1.54, 1.807) is 6.20 Å². The Morgan fingerprint density at radius 2 is 2.21 bits per heavy atom. The molecule has 0 radical (unpaired) electrons. The number of esters is 1. The number of rotatable bonds is 5. The van der Waals surface area contributed by atoms with Gasteiger partial charge in [0.1, 0.15) is 0 Å². The van der Waals surface area contributed by atoms with E-state index in [1.165, 1.54) is 18.6 Å². The summed E-state index contributed by atoms with van der Waals surface area (Å²) in [7, 11) is 1.34. The molecular formula is C13H14N2O3S. The molecule has 0 saturated carbocycles. The Morgan fingerprint density at radius 3 is 3.00 bits per heavy atom. The summed E-state index contributed by atoms with van der Waals surface area (Å²) in [5.41, 5.74) is 0.746. The predicted molar refractivity (Wildman–Crippen MR) is 74.1 cm³/mol. The van der Waals surface area contributed by atoms with Gasteiger partial charge in [-0.05, 0) is 36.2 Å². The SMILES string of the molecule is COC(=O)CCCC(=O)Nc1ccc2sncc2c1. The molecule has 1 aromatic carbocycles. The molecule has 100 valence electrons. The van der Waals surface area contributed by atoms with Gasteiger partial charge in [0.2, 0.25) is 5.91 Å². The lowest BCUT2D eigenvalue weighted by Gasteiger charge is -2.04. The molecule has 1 heterocycles. The fourth-order valence-electron chi connectivity index (χ4n) is 1.67. The minimum absolute atomic E-state index is 0.105. The van der Waals surface area contributed by atoms with E-state index >= 15 is 0 Å². The number of benzene rings is 1. The van der Waals surface area contributed by atoms with Crippen LogP contribution in [0.2, 0.25) is 0 Å². The lowest BCUT2D eigenvalue weighted by atomic mass is 10.2. The molecule has 0 aliphatic rings. The van der Waals surface area contributed by atoms with Crippen molar-refractivity contribution in [3.63, 3.8) is 0 Å². The highest BCUT2D eigenvalue weighted by Crippen LogP contribution is 2.22. The number of hydrogen-bond donors (Lipinski definition) is 1. The van der Waals surface area contributed by atoms with Crippen LogP contribution >= 0.6 is 11.5 Å². The van der Waals surface area contributed by atoms with Gasteiger partial charge in [0.15, 0.2) is 0 Å². The molecule has 1 aromatic heterocycles. The molecule has 0 atom stereocenters. The van der Waals surface area contributed by atoms with Crippen molar-refractivity contribution in [1.82, 2.24) is 4.37 Å². The lowest BCUT2D eigenvalue weighted by Crippen LogP contribution is -2.12. The van der Waals surface area contributed by atoms with Gasteiger partial charge in [-0.25, -0.2) is 0 Å². The Labute approximate surface area is 114 Å². The zero-order valence-electron chi connectivity index (χ0n) is 10.5. The molecule has 6 heteroatoms. The number of ether oxygens (including phenoxy) is 1. The fourth-order valence-corrected chi connectivity index (χ4v) is 2.29. The number of methoxy groups -OCH3 is 1. The number of amides is 1. The number of nitrogens with one attached hydrogen (secondary N) is 1. The second-order valence-electron chi connectivity index (χ2n) is 4.06. The standard InChI is InChI=1S/C13H14N2O3S/c1-18-13(17)4-2-3-12(16)15-10-5-6-11-9(7-10)8-14-19-11/h5-8H,2-4H2,1H3,(H,15,16). The van der Waals surface area contributed by atoms with Gasteiger partial charge in [-0.3, -0.25) is 9.59 Å². The van der Waals surface area contributed by atoms with E-state index in [4.69, 9.17) is 0 Å². The van der Waals surface area contributed by atoms with Crippen molar-refractivity contribution < 1.29 is 14.3 Å². The summed E-state index contributed by atoms with van der Waals surface area (Å²) in [5, 5.41) is 3.81. The number of nitrogens with zero attached hydrogens (tertiary/aromatic N) is 1. The normalized spacial score (nSPS) is 10.4. The first-order valence-electron chi connectivity index (χ1n) is 5.90. The summed E-state index contributed by atoms with van der Waals surface area (Å²) in [6.45, 7) is 0. The van der Waals surface area contributed by atoms with Crippen molar-refractivity contribution in [1.29, 1.82) is 0 Å². The average Bonchev–Trinajstić information content (AvgIpc) is 2.85. The van der Waals surface area contributed by atoms with E-state index < -0.39 is 0 Å². The summed E-state index contributed by atoms with van der Waals surface area (Å²) in [4.78, 5) is 22.6. The number of fused-ring (bicyclic) bond motifs is 1. The maximum Gasteiger partial charge on any atom is 0.305 e. The van der Waals surface area contributed by atoms with Crippen LogP contribution < -0.4 is 5.32 Å². The summed E-state index contributed by atoms with van der Waals surface area (Å²) in [6, 6.07) is 5.66. The van der Waals surface area contributed by atoms with Gasteiger partial charge in [0, 0.05) is 30.1 Å². The smallest absolute Gasteiger partial charge is 0.305 e. The highest BCUT2D eigenvalue weighted by atomic mass is 32.1.